The van der Waals surface area contributed by atoms with Crippen molar-refractivity contribution in [2.24, 2.45) is 11.3 Å². The highest BCUT2D eigenvalue weighted by Gasteiger charge is 2.48. The second-order valence-corrected chi connectivity index (χ2v) is 16.9. The van der Waals surface area contributed by atoms with Crippen molar-refractivity contribution in [2.75, 3.05) is 61.4 Å². The highest BCUT2D eigenvalue weighted by atomic mass is 19.1. The molecule has 6 aliphatic rings. The molecule has 14 nitrogen and oxygen atoms in total. The summed E-state index contributed by atoms with van der Waals surface area (Å²) in [7, 11) is 0. The lowest BCUT2D eigenvalue weighted by Crippen LogP contribution is -2.55. The molecule has 58 heavy (non-hydrogen) atoms. The largest absolute Gasteiger partial charge is 0.474 e. The molecule has 3 saturated heterocycles. The third kappa shape index (κ3) is 6.64. The van der Waals surface area contributed by atoms with Crippen LogP contribution in [-0.4, -0.2) is 102 Å². The Labute approximate surface area is 334 Å². The number of nitrogens with zero attached hydrogens (tertiary/aromatic N) is 5. The summed E-state index contributed by atoms with van der Waals surface area (Å²) in [4.78, 5) is 65.3. The van der Waals surface area contributed by atoms with Crippen molar-refractivity contribution in [1.29, 1.82) is 0 Å². The van der Waals surface area contributed by atoms with E-state index >= 15 is 4.39 Å². The maximum absolute atomic E-state index is 15.3. The van der Waals surface area contributed by atoms with E-state index in [-0.39, 0.29) is 35.6 Å². The van der Waals surface area contributed by atoms with E-state index in [2.05, 4.69) is 41.8 Å². The summed E-state index contributed by atoms with van der Waals surface area (Å²) < 4.78 is 26.8. The van der Waals surface area contributed by atoms with Crippen LogP contribution in [0.5, 0.6) is 5.88 Å². The highest BCUT2D eigenvalue weighted by molar-refractivity contribution is 6.05. The van der Waals surface area contributed by atoms with E-state index < -0.39 is 18.0 Å². The van der Waals surface area contributed by atoms with Gasteiger partial charge in [0.05, 0.1) is 0 Å². The van der Waals surface area contributed by atoms with Gasteiger partial charge in [-0.1, -0.05) is 0 Å². The SMILES string of the molecule is Cc1c(-c2cc3cc(NC(=O)OC4CC5(CCN(CC6CN(c7ccc8c(c7)CN(C7CCC(=O)NC7=O)C8=O)C6)CC5)C4)ncc3cc2F)cnc2c1NCCO2. The number of benzene rings is 2. The average Bonchev–Trinajstić information content (AvgIpc) is 3.51. The third-order valence-electron chi connectivity index (χ3n) is 13.1. The van der Waals surface area contributed by atoms with Gasteiger partial charge in [0, 0.05) is 85.2 Å². The zero-order chi connectivity index (χ0) is 39.7. The first-order chi connectivity index (χ1) is 28.1. The molecule has 300 valence electrons. The van der Waals surface area contributed by atoms with Gasteiger partial charge in [-0.25, -0.2) is 19.2 Å². The summed E-state index contributed by atoms with van der Waals surface area (Å²) in [6, 6.07) is 10.3. The van der Waals surface area contributed by atoms with Gasteiger partial charge in [0.25, 0.3) is 5.91 Å². The molecule has 1 atom stereocenters. The second kappa shape index (κ2) is 14.2. The zero-order valence-electron chi connectivity index (χ0n) is 32.3. The van der Waals surface area contributed by atoms with Gasteiger partial charge in [0.1, 0.15) is 36.1 Å². The van der Waals surface area contributed by atoms with Crippen molar-refractivity contribution in [1.82, 2.24) is 25.1 Å². The van der Waals surface area contributed by atoms with E-state index in [0.29, 0.717) is 65.8 Å². The lowest BCUT2D eigenvalue weighted by molar-refractivity contribution is -0.136. The van der Waals surface area contributed by atoms with Crippen molar-refractivity contribution in [3.05, 3.63) is 71.3 Å². The van der Waals surface area contributed by atoms with Crippen LogP contribution < -0.4 is 25.6 Å². The number of rotatable bonds is 7. The van der Waals surface area contributed by atoms with Crippen LogP contribution in [0.15, 0.2) is 48.8 Å². The Morgan fingerprint density at radius 1 is 1.02 bits per heavy atom. The first-order valence-corrected chi connectivity index (χ1v) is 20.3. The summed E-state index contributed by atoms with van der Waals surface area (Å²) in [5.41, 5.74) is 5.56. The number of hydrogen-bond acceptors (Lipinski definition) is 11. The van der Waals surface area contributed by atoms with Crippen LogP contribution in [0.4, 0.5) is 26.4 Å². The van der Waals surface area contributed by atoms with E-state index in [1.165, 1.54) is 6.07 Å². The summed E-state index contributed by atoms with van der Waals surface area (Å²) in [5.74, 6) is 0.210. The van der Waals surface area contributed by atoms with Gasteiger partial charge < -0.3 is 29.5 Å². The third-order valence-corrected chi connectivity index (χ3v) is 13.1. The predicted octanol–water partition coefficient (Wildman–Crippen LogP) is 5.24. The van der Waals surface area contributed by atoms with Crippen molar-refractivity contribution < 1.29 is 33.0 Å². The Hall–Kier alpha value is -5.83. The number of halogens is 1. The molecule has 0 radical (unpaired) electrons. The van der Waals surface area contributed by atoms with E-state index in [0.717, 1.165) is 86.3 Å². The minimum Gasteiger partial charge on any atom is -0.474 e. The lowest BCUT2D eigenvalue weighted by atomic mass is 9.61. The number of amides is 4. The summed E-state index contributed by atoms with van der Waals surface area (Å²) >= 11 is 0. The van der Waals surface area contributed by atoms with Crippen LogP contribution in [0.2, 0.25) is 0 Å². The zero-order valence-corrected chi connectivity index (χ0v) is 32.3. The second-order valence-electron chi connectivity index (χ2n) is 16.9. The van der Waals surface area contributed by atoms with E-state index in [9.17, 15) is 19.2 Å². The highest BCUT2D eigenvalue weighted by Crippen LogP contribution is 2.50. The number of fused-ring (bicyclic) bond motifs is 3. The van der Waals surface area contributed by atoms with Crippen LogP contribution in [0.3, 0.4) is 0 Å². The van der Waals surface area contributed by atoms with Crippen LogP contribution >= 0.6 is 0 Å². The van der Waals surface area contributed by atoms with Crippen LogP contribution in [0.1, 0.15) is 60.0 Å². The normalized spacial score (nSPS) is 21.8. The molecule has 5 aliphatic heterocycles. The Balaban J connectivity index is 0.678. The monoisotopic (exact) mass is 788 g/mol. The molecule has 15 heteroatoms. The number of carbonyl (C=O) groups is 4. The van der Waals surface area contributed by atoms with E-state index in [4.69, 9.17) is 9.47 Å². The fourth-order valence-electron chi connectivity index (χ4n) is 9.85. The topological polar surface area (TPSA) is 158 Å². The molecular formula is C43H45FN8O6. The summed E-state index contributed by atoms with van der Waals surface area (Å²) in [5, 5.41) is 9.79. The van der Waals surface area contributed by atoms with Gasteiger partial charge in [0.2, 0.25) is 17.7 Å². The number of aromatic nitrogens is 2. The molecule has 1 spiro atoms. The van der Waals surface area contributed by atoms with Gasteiger partial charge in [0.15, 0.2) is 0 Å². The van der Waals surface area contributed by atoms with E-state index in [1.54, 1.807) is 29.4 Å². The maximum atomic E-state index is 15.3. The number of anilines is 3. The molecule has 4 amide bonds. The fraction of sp³-hybridized carbons (Fsp3) is 0.442. The summed E-state index contributed by atoms with van der Waals surface area (Å²) in [6.45, 7) is 8.50. The molecule has 4 fully saturated rings. The number of ether oxygens (including phenoxy) is 2. The Morgan fingerprint density at radius 3 is 2.66 bits per heavy atom. The minimum absolute atomic E-state index is 0.135. The Kier molecular flexibility index (Phi) is 8.95. The van der Waals surface area contributed by atoms with Gasteiger partial charge >= 0.3 is 6.09 Å². The molecule has 1 unspecified atom stereocenters. The van der Waals surface area contributed by atoms with Crippen molar-refractivity contribution in [2.45, 2.75) is 64.1 Å². The Morgan fingerprint density at radius 2 is 1.84 bits per heavy atom. The molecule has 2 aromatic carbocycles. The fourth-order valence-corrected chi connectivity index (χ4v) is 9.85. The first-order valence-electron chi connectivity index (χ1n) is 20.3. The molecule has 7 heterocycles. The summed E-state index contributed by atoms with van der Waals surface area (Å²) in [6.07, 6.45) is 6.99. The quantitative estimate of drug-likeness (QED) is 0.211. The lowest BCUT2D eigenvalue weighted by Gasteiger charge is -2.52. The average molecular weight is 789 g/mol. The molecule has 1 saturated carbocycles. The number of pyridine rings is 2. The number of nitrogens with one attached hydrogen (secondary N) is 3. The molecule has 2 aromatic heterocycles. The minimum atomic E-state index is -0.608. The predicted molar refractivity (Wildman–Crippen MR) is 213 cm³/mol. The standard InChI is InChI=1S/C43H45FN8O6/c1-24-33(19-47-40-38(24)45-8-11-57-40)32-13-26-15-36(46-18-27(26)14-34(32)44)48-42(56)58-30-16-43(17-30)6-9-50(10-7-43)20-25-21-51(22-25)29-2-3-31-28(12-29)23-52(41(31)55)35-4-5-37(53)49-39(35)54/h2-3,12-15,18-19,25,30,35,45H,4-11,16-17,20-23H2,1H3,(H,46,48,56)(H,49,53,54). The number of carbonyl (C=O) groups excluding carboxylic acids is 4. The van der Waals surface area contributed by atoms with Gasteiger partial charge in [-0.15, -0.1) is 0 Å². The smallest absolute Gasteiger partial charge is 0.413 e. The first kappa shape index (κ1) is 36.5. The van der Waals surface area contributed by atoms with Crippen LogP contribution in [0, 0.1) is 24.1 Å². The van der Waals surface area contributed by atoms with Crippen molar-refractivity contribution in [3.63, 3.8) is 0 Å². The number of imide groups is 1. The van der Waals surface area contributed by atoms with Gasteiger partial charge in [-0.05, 0) is 110 Å². The van der Waals surface area contributed by atoms with Gasteiger partial charge in [-0.2, -0.15) is 0 Å². The molecule has 4 aromatic rings. The molecular weight excluding hydrogens is 744 g/mol. The number of likely N-dealkylation sites (tertiary alicyclic amines) is 1. The van der Waals surface area contributed by atoms with Crippen LogP contribution in [0.25, 0.3) is 21.9 Å². The van der Waals surface area contributed by atoms with Gasteiger partial charge in [-0.3, -0.25) is 25.0 Å². The van der Waals surface area contributed by atoms with E-state index in [1.807, 2.05) is 19.1 Å². The molecule has 10 rings (SSSR count). The number of piperidine rings is 2. The van der Waals surface area contributed by atoms with Crippen molar-refractivity contribution in [3.8, 4) is 17.0 Å². The van der Waals surface area contributed by atoms with Crippen molar-refractivity contribution >= 4 is 51.8 Å². The Bertz CT molecular complexity index is 2370. The number of hydrogen-bond donors (Lipinski definition) is 3. The maximum Gasteiger partial charge on any atom is 0.413 e. The molecule has 1 aliphatic carbocycles. The molecule has 0 bridgehead atoms. The van der Waals surface area contributed by atoms with Crippen LogP contribution in [-0.2, 0) is 20.9 Å². The molecule has 3 N–H and O–H groups in total.